The highest BCUT2D eigenvalue weighted by atomic mass is 31.3. The summed E-state index contributed by atoms with van der Waals surface area (Å²) in [6.45, 7) is 15.4. The third kappa shape index (κ3) is 19.3. The van der Waals surface area contributed by atoms with Crippen LogP contribution in [0.1, 0.15) is 87.5 Å². The van der Waals surface area contributed by atoms with E-state index in [-0.39, 0.29) is 6.61 Å². The van der Waals surface area contributed by atoms with Crippen molar-refractivity contribution in [1.29, 1.82) is 0 Å². The molecule has 0 heterocycles. The summed E-state index contributed by atoms with van der Waals surface area (Å²) in [5.74, 6) is 0. The number of rotatable bonds is 16. The van der Waals surface area contributed by atoms with Crippen molar-refractivity contribution in [3.63, 3.8) is 0 Å². The van der Waals surface area contributed by atoms with Crippen molar-refractivity contribution in [2.24, 2.45) is 0 Å². The quantitative estimate of drug-likeness (QED) is 0.156. The molecule has 9 heteroatoms. The summed E-state index contributed by atoms with van der Waals surface area (Å²) in [5, 5.41) is 0. The van der Waals surface area contributed by atoms with Gasteiger partial charge in [0.25, 0.3) is 0 Å². The van der Waals surface area contributed by atoms with Gasteiger partial charge < -0.3 is 9.79 Å². The minimum absolute atomic E-state index is 0.226. The molecule has 0 aliphatic rings. The van der Waals surface area contributed by atoms with Crippen LogP contribution in [-0.2, 0) is 22.5 Å². The zero-order valence-electron chi connectivity index (χ0n) is 22.0. The number of allylic oxidation sites excluding steroid dienone is 7. The molecule has 0 saturated heterocycles. The fraction of sp³-hybridized carbons (Fsp3) is 0.600. The van der Waals surface area contributed by atoms with Gasteiger partial charge >= 0.3 is 15.6 Å². The van der Waals surface area contributed by atoms with Crippen LogP contribution in [0.4, 0.5) is 0 Å². The fourth-order valence-electron chi connectivity index (χ4n) is 2.78. The Morgan fingerprint density at radius 1 is 0.735 bits per heavy atom. The maximum Gasteiger partial charge on any atom is 0.481 e. The topological polar surface area (TPSA) is 102 Å². The highest BCUT2D eigenvalue weighted by Crippen LogP contribution is 2.61. The lowest BCUT2D eigenvalue weighted by Crippen LogP contribution is -2.10. The SMILES string of the molecule is CC(C)=CCC/C(C)=C/CC(/C=C(\C)CCC=C(C)C)OP(=O)(O)OP(=O)(O)OCC=C(C)C. The van der Waals surface area contributed by atoms with E-state index in [0.29, 0.717) is 6.42 Å². The molecule has 0 saturated carbocycles. The van der Waals surface area contributed by atoms with E-state index in [4.69, 9.17) is 9.05 Å². The number of phosphoric acid groups is 2. The van der Waals surface area contributed by atoms with E-state index in [0.717, 1.165) is 42.4 Å². The second kappa shape index (κ2) is 16.6. The molecule has 0 aromatic rings. The Balaban J connectivity index is 5.44. The highest BCUT2D eigenvalue weighted by molar-refractivity contribution is 7.61. The van der Waals surface area contributed by atoms with Crippen molar-refractivity contribution >= 4 is 15.6 Å². The van der Waals surface area contributed by atoms with Gasteiger partial charge in [-0.2, -0.15) is 4.31 Å². The van der Waals surface area contributed by atoms with Gasteiger partial charge in [-0.05, 0) is 87.5 Å². The Morgan fingerprint density at radius 2 is 1.24 bits per heavy atom. The maximum absolute atomic E-state index is 12.5. The minimum atomic E-state index is -4.88. The summed E-state index contributed by atoms with van der Waals surface area (Å²) < 4.78 is 39.2. The van der Waals surface area contributed by atoms with Gasteiger partial charge in [-0.25, -0.2) is 9.13 Å². The first-order valence-electron chi connectivity index (χ1n) is 11.5. The molecule has 0 bridgehead atoms. The Labute approximate surface area is 206 Å². The predicted molar refractivity (Wildman–Crippen MR) is 140 cm³/mol. The first-order chi connectivity index (χ1) is 15.6. The van der Waals surface area contributed by atoms with E-state index in [1.165, 1.54) is 11.1 Å². The van der Waals surface area contributed by atoms with Gasteiger partial charge in [0.15, 0.2) is 0 Å². The molecular formula is C25H44O7P2. The molecule has 0 radical (unpaired) electrons. The molecule has 0 aliphatic heterocycles. The second-order valence-electron chi connectivity index (χ2n) is 9.18. The van der Waals surface area contributed by atoms with E-state index < -0.39 is 21.7 Å². The molecular weight excluding hydrogens is 474 g/mol. The molecule has 0 aromatic carbocycles. The van der Waals surface area contributed by atoms with Crippen LogP contribution in [0.3, 0.4) is 0 Å². The third-order valence-electron chi connectivity index (χ3n) is 4.56. The van der Waals surface area contributed by atoms with E-state index in [2.05, 4.69) is 16.5 Å². The van der Waals surface area contributed by atoms with Crippen molar-refractivity contribution in [3.8, 4) is 0 Å². The summed E-state index contributed by atoms with van der Waals surface area (Å²) in [6, 6.07) is 0. The number of hydrogen-bond acceptors (Lipinski definition) is 5. The Kier molecular flexibility index (Phi) is 16.1. The van der Waals surface area contributed by atoms with Crippen LogP contribution in [-0.4, -0.2) is 22.5 Å². The molecule has 7 nitrogen and oxygen atoms in total. The largest absolute Gasteiger partial charge is 0.481 e. The lowest BCUT2D eigenvalue weighted by Gasteiger charge is -2.20. The normalized spacial score (nSPS) is 16.8. The van der Waals surface area contributed by atoms with Gasteiger partial charge in [-0.3, -0.25) is 9.05 Å². The lowest BCUT2D eigenvalue weighted by molar-refractivity contribution is 0.141. The van der Waals surface area contributed by atoms with Gasteiger partial charge in [0.2, 0.25) is 0 Å². The molecule has 2 N–H and O–H groups in total. The Bertz CT molecular complexity index is 870. The van der Waals surface area contributed by atoms with E-state index >= 15 is 0 Å². The molecule has 3 unspecified atom stereocenters. The first-order valence-corrected chi connectivity index (χ1v) is 14.5. The van der Waals surface area contributed by atoms with Crippen LogP contribution in [0, 0.1) is 0 Å². The molecule has 0 fully saturated rings. The molecule has 0 rings (SSSR count). The van der Waals surface area contributed by atoms with Crippen LogP contribution < -0.4 is 0 Å². The smallest absolute Gasteiger partial charge is 0.302 e. The van der Waals surface area contributed by atoms with Crippen molar-refractivity contribution in [2.75, 3.05) is 6.61 Å². The van der Waals surface area contributed by atoms with E-state index in [1.54, 1.807) is 26.0 Å². The standard InChI is InChI=1S/C25H44O7P2/c1-20(2)11-9-13-23(7)15-16-25(19-24(8)14-10-12-21(3)4)31-34(28,29)32-33(26,27)30-18-17-22(5)6/h11-12,15,17,19,25H,9-10,13-14,16,18H2,1-8H3,(H,26,27)(H,28,29)/b23-15+,24-19+. The Hall–Kier alpha value is -1.04. The van der Waals surface area contributed by atoms with Crippen molar-refractivity contribution < 1.29 is 32.3 Å². The average molecular weight is 519 g/mol. The lowest BCUT2D eigenvalue weighted by atomic mass is 10.0. The summed E-state index contributed by atoms with van der Waals surface area (Å²) >= 11 is 0. The molecule has 196 valence electrons. The number of hydrogen-bond donors (Lipinski definition) is 2. The van der Waals surface area contributed by atoms with Gasteiger partial charge in [0, 0.05) is 0 Å². The van der Waals surface area contributed by atoms with Crippen LogP contribution in [0.2, 0.25) is 0 Å². The summed E-state index contributed by atoms with van der Waals surface area (Å²) in [7, 11) is -9.66. The first kappa shape index (κ1) is 33.0. The molecule has 34 heavy (non-hydrogen) atoms. The predicted octanol–water partition coefficient (Wildman–Crippen LogP) is 8.35. The summed E-state index contributed by atoms with van der Waals surface area (Å²) in [5.41, 5.74) is 5.43. The zero-order chi connectivity index (χ0) is 26.4. The average Bonchev–Trinajstić information content (AvgIpc) is 2.63. The Morgan fingerprint density at radius 3 is 1.74 bits per heavy atom. The van der Waals surface area contributed by atoms with Crippen molar-refractivity contribution in [3.05, 3.63) is 58.2 Å². The molecule has 0 amide bonds. The van der Waals surface area contributed by atoms with Crippen molar-refractivity contribution in [1.82, 2.24) is 0 Å². The van der Waals surface area contributed by atoms with Gasteiger partial charge in [-0.15, -0.1) is 0 Å². The third-order valence-corrected chi connectivity index (χ3v) is 7.22. The van der Waals surface area contributed by atoms with Crippen LogP contribution in [0.25, 0.3) is 0 Å². The molecule has 3 atom stereocenters. The molecule has 0 aromatic heterocycles. The van der Waals surface area contributed by atoms with E-state index in [1.807, 2.05) is 47.6 Å². The zero-order valence-corrected chi connectivity index (χ0v) is 23.8. The minimum Gasteiger partial charge on any atom is -0.302 e. The van der Waals surface area contributed by atoms with Crippen LogP contribution in [0.15, 0.2) is 58.2 Å². The van der Waals surface area contributed by atoms with Crippen LogP contribution in [0.5, 0.6) is 0 Å². The second-order valence-corrected chi connectivity index (χ2v) is 12.2. The van der Waals surface area contributed by atoms with Gasteiger partial charge in [0.1, 0.15) is 0 Å². The molecule has 0 aliphatic carbocycles. The number of phosphoric ester groups is 2. The van der Waals surface area contributed by atoms with Gasteiger partial charge in [-0.1, -0.05) is 58.2 Å². The summed E-state index contributed by atoms with van der Waals surface area (Å²) in [6.07, 6.45) is 12.4. The highest BCUT2D eigenvalue weighted by Gasteiger charge is 2.36. The van der Waals surface area contributed by atoms with Crippen LogP contribution >= 0.6 is 15.6 Å². The maximum atomic E-state index is 12.5. The fourth-order valence-corrected chi connectivity index (χ4v) is 4.92. The van der Waals surface area contributed by atoms with Crippen molar-refractivity contribution in [2.45, 2.75) is 93.6 Å². The molecule has 0 spiro atoms. The monoisotopic (exact) mass is 518 g/mol. The summed E-state index contributed by atoms with van der Waals surface area (Å²) in [4.78, 5) is 20.0. The van der Waals surface area contributed by atoms with Gasteiger partial charge in [0.05, 0.1) is 12.7 Å². The van der Waals surface area contributed by atoms with E-state index in [9.17, 15) is 18.9 Å².